The van der Waals surface area contributed by atoms with Crippen LogP contribution >= 0.6 is 0 Å². The number of ether oxygens (including phenoxy) is 1. The molecule has 1 aliphatic rings. The predicted molar refractivity (Wildman–Crippen MR) is 79.2 cm³/mol. The minimum Gasteiger partial charge on any atom is -0.492 e. The van der Waals surface area contributed by atoms with E-state index < -0.39 is 0 Å². The Kier molecular flexibility index (Phi) is 5.23. The summed E-state index contributed by atoms with van der Waals surface area (Å²) < 4.78 is 5.80. The number of benzene rings is 1. The van der Waals surface area contributed by atoms with E-state index in [-0.39, 0.29) is 0 Å². The van der Waals surface area contributed by atoms with Crippen molar-refractivity contribution in [3.8, 4) is 5.75 Å². The van der Waals surface area contributed by atoms with Crippen molar-refractivity contribution in [2.45, 2.75) is 26.8 Å². The first-order valence-electron chi connectivity index (χ1n) is 7.31. The molecule has 3 heteroatoms. The maximum Gasteiger partial charge on any atom is 0.119 e. The summed E-state index contributed by atoms with van der Waals surface area (Å²) in [6.45, 7) is 9.47. The highest BCUT2D eigenvalue weighted by molar-refractivity contribution is 5.27. The van der Waals surface area contributed by atoms with Crippen molar-refractivity contribution in [1.82, 2.24) is 4.90 Å². The van der Waals surface area contributed by atoms with Gasteiger partial charge in [-0.3, -0.25) is 4.90 Å². The number of nitrogens with zero attached hydrogens (tertiary/aromatic N) is 1. The lowest BCUT2D eigenvalue weighted by molar-refractivity contribution is 0.120. The minimum atomic E-state index is 0.587. The Bertz CT molecular complexity index is 367. The summed E-state index contributed by atoms with van der Waals surface area (Å²) >= 11 is 0. The minimum absolute atomic E-state index is 0.587. The maximum atomic E-state index is 5.80. The Hall–Kier alpha value is -1.06. The number of hydrogen-bond acceptors (Lipinski definition) is 3. The molecule has 0 bridgehead atoms. The Balaban J connectivity index is 1.73. The summed E-state index contributed by atoms with van der Waals surface area (Å²) in [4.78, 5) is 2.52. The molecule has 2 N–H and O–H groups in total. The molecule has 0 amide bonds. The number of hydrogen-bond donors (Lipinski definition) is 1. The molecule has 2 unspecified atom stereocenters. The van der Waals surface area contributed by atoms with Crippen LogP contribution in [0, 0.1) is 11.8 Å². The molecule has 1 aromatic carbocycles. The van der Waals surface area contributed by atoms with Gasteiger partial charge in [0.05, 0.1) is 0 Å². The largest absolute Gasteiger partial charge is 0.492 e. The van der Waals surface area contributed by atoms with Gasteiger partial charge >= 0.3 is 0 Å². The van der Waals surface area contributed by atoms with Crippen LogP contribution < -0.4 is 10.5 Å². The lowest BCUT2D eigenvalue weighted by Gasteiger charge is -2.34. The highest BCUT2D eigenvalue weighted by atomic mass is 16.5. The van der Waals surface area contributed by atoms with Gasteiger partial charge in [-0.25, -0.2) is 0 Å². The molecular weight excluding hydrogens is 236 g/mol. The topological polar surface area (TPSA) is 38.5 Å². The van der Waals surface area contributed by atoms with E-state index in [1.54, 1.807) is 0 Å². The molecule has 1 aromatic rings. The third-order valence-corrected chi connectivity index (χ3v) is 3.78. The van der Waals surface area contributed by atoms with Crippen LogP contribution in [-0.2, 0) is 6.54 Å². The van der Waals surface area contributed by atoms with E-state index in [2.05, 4.69) is 18.7 Å². The number of likely N-dealkylation sites (tertiary alicyclic amines) is 1. The van der Waals surface area contributed by atoms with Crippen LogP contribution in [0.1, 0.15) is 25.8 Å². The molecule has 1 heterocycles. The molecule has 0 spiro atoms. The summed E-state index contributed by atoms with van der Waals surface area (Å²) in [6.07, 6.45) is 1.36. The van der Waals surface area contributed by atoms with E-state index >= 15 is 0 Å². The van der Waals surface area contributed by atoms with E-state index in [9.17, 15) is 0 Å². The summed E-state index contributed by atoms with van der Waals surface area (Å²) in [6, 6.07) is 8.06. The summed E-state index contributed by atoms with van der Waals surface area (Å²) in [5.41, 5.74) is 6.72. The first-order chi connectivity index (χ1) is 9.17. The molecule has 0 saturated carbocycles. The highest BCUT2D eigenvalue weighted by Crippen LogP contribution is 2.20. The average molecular weight is 262 g/mol. The Morgan fingerprint density at radius 3 is 2.37 bits per heavy atom. The third-order valence-electron chi connectivity index (χ3n) is 3.78. The van der Waals surface area contributed by atoms with Crippen molar-refractivity contribution >= 4 is 0 Å². The van der Waals surface area contributed by atoms with Crippen LogP contribution in [0.2, 0.25) is 0 Å². The van der Waals surface area contributed by atoms with Crippen LogP contribution in [0.15, 0.2) is 24.3 Å². The van der Waals surface area contributed by atoms with E-state index in [0.717, 1.165) is 36.3 Å². The smallest absolute Gasteiger partial charge is 0.119 e. The van der Waals surface area contributed by atoms with Gasteiger partial charge in [0.25, 0.3) is 0 Å². The van der Waals surface area contributed by atoms with Crippen LogP contribution in [0.25, 0.3) is 0 Å². The first-order valence-corrected chi connectivity index (χ1v) is 7.31. The molecule has 2 rings (SSSR count). The van der Waals surface area contributed by atoms with Gasteiger partial charge in [0.2, 0.25) is 0 Å². The van der Waals surface area contributed by atoms with E-state index in [1.165, 1.54) is 19.5 Å². The molecule has 0 aromatic heterocycles. The van der Waals surface area contributed by atoms with Gasteiger partial charge in [-0.15, -0.1) is 0 Å². The summed E-state index contributed by atoms with van der Waals surface area (Å²) in [5.74, 6) is 2.57. The van der Waals surface area contributed by atoms with E-state index in [1.807, 2.05) is 24.3 Å². The van der Waals surface area contributed by atoms with Crippen molar-refractivity contribution in [2.24, 2.45) is 17.6 Å². The zero-order valence-electron chi connectivity index (χ0n) is 12.1. The van der Waals surface area contributed by atoms with Crippen molar-refractivity contribution < 1.29 is 4.74 Å². The zero-order valence-corrected chi connectivity index (χ0v) is 12.1. The monoisotopic (exact) mass is 262 g/mol. The SMILES string of the molecule is CC1CC(C)CN(CCOc2ccc(CN)cc2)C1. The maximum absolute atomic E-state index is 5.80. The quantitative estimate of drug-likeness (QED) is 0.886. The van der Waals surface area contributed by atoms with E-state index in [4.69, 9.17) is 10.5 Å². The van der Waals surface area contributed by atoms with Gasteiger partial charge in [0.15, 0.2) is 0 Å². The fourth-order valence-electron chi connectivity index (χ4n) is 2.99. The Labute approximate surface area is 116 Å². The second kappa shape index (κ2) is 6.92. The third kappa shape index (κ3) is 4.51. The lowest BCUT2D eigenvalue weighted by Crippen LogP contribution is -2.40. The summed E-state index contributed by atoms with van der Waals surface area (Å²) in [7, 11) is 0. The molecule has 0 aliphatic carbocycles. The normalized spacial score (nSPS) is 24.4. The van der Waals surface area contributed by atoms with Gasteiger partial charge in [-0.2, -0.15) is 0 Å². The summed E-state index contributed by atoms with van der Waals surface area (Å²) in [5, 5.41) is 0. The second-order valence-corrected chi connectivity index (χ2v) is 5.90. The van der Waals surface area contributed by atoms with Crippen LogP contribution in [0.3, 0.4) is 0 Å². The van der Waals surface area contributed by atoms with Crippen molar-refractivity contribution in [3.63, 3.8) is 0 Å². The molecule has 1 fully saturated rings. The number of rotatable bonds is 5. The van der Waals surface area contributed by atoms with Gasteiger partial charge < -0.3 is 10.5 Å². The molecule has 1 saturated heterocycles. The van der Waals surface area contributed by atoms with Gasteiger partial charge in [0.1, 0.15) is 12.4 Å². The van der Waals surface area contributed by atoms with Crippen LogP contribution in [0.4, 0.5) is 0 Å². The Morgan fingerprint density at radius 2 is 1.79 bits per heavy atom. The molecule has 1 aliphatic heterocycles. The fraction of sp³-hybridized carbons (Fsp3) is 0.625. The molecule has 0 radical (unpaired) electrons. The van der Waals surface area contributed by atoms with Gasteiger partial charge in [-0.1, -0.05) is 26.0 Å². The van der Waals surface area contributed by atoms with Crippen molar-refractivity contribution in [3.05, 3.63) is 29.8 Å². The molecule has 106 valence electrons. The molecule has 19 heavy (non-hydrogen) atoms. The Morgan fingerprint density at radius 1 is 1.16 bits per heavy atom. The van der Waals surface area contributed by atoms with Crippen LogP contribution in [0.5, 0.6) is 5.75 Å². The van der Waals surface area contributed by atoms with Crippen molar-refractivity contribution in [2.75, 3.05) is 26.2 Å². The standard InChI is InChI=1S/C16H26N2O/c1-13-9-14(2)12-18(11-13)7-8-19-16-5-3-15(10-17)4-6-16/h3-6,13-14H,7-12,17H2,1-2H3. The second-order valence-electron chi connectivity index (χ2n) is 5.90. The van der Waals surface area contributed by atoms with Gasteiger partial charge in [0, 0.05) is 26.2 Å². The first kappa shape index (κ1) is 14.4. The highest BCUT2D eigenvalue weighted by Gasteiger charge is 2.21. The van der Waals surface area contributed by atoms with Gasteiger partial charge in [-0.05, 0) is 36.0 Å². The number of nitrogens with two attached hydrogens (primary N) is 1. The van der Waals surface area contributed by atoms with Crippen molar-refractivity contribution in [1.29, 1.82) is 0 Å². The molecule has 3 nitrogen and oxygen atoms in total. The average Bonchev–Trinajstić information content (AvgIpc) is 2.38. The van der Waals surface area contributed by atoms with Crippen LogP contribution in [-0.4, -0.2) is 31.1 Å². The molecule has 2 atom stereocenters. The lowest BCUT2D eigenvalue weighted by atomic mass is 9.92. The van der Waals surface area contributed by atoms with E-state index in [0.29, 0.717) is 6.54 Å². The predicted octanol–water partition coefficient (Wildman–Crippen LogP) is 2.50. The molecular formula is C16H26N2O. The number of piperidine rings is 1. The zero-order chi connectivity index (χ0) is 13.7. The fourth-order valence-corrected chi connectivity index (χ4v) is 2.99.